The van der Waals surface area contributed by atoms with E-state index in [9.17, 15) is 9.18 Å². The Morgan fingerprint density at radius 3 is 2.86 bits per heavy atom. The molecule has 5 nitrogen and oxygen atoms in total. The topological polar surface area (TPSA) is 58.1 Å². The van der Waals surface area contributed by atoms with Crippen LogP contribution >= 0.6 is 11.8 Å². The molecular weight excluding hydrogens is 375 g/mol. The van der Waals surface area contributed by atoms with Crippen molar-refractivity contribution in [3.63, 3.8) is 0 Å². The van der Waals surface area contributed by atoms with Crippen LogP contribution in [0.4, 0.5) is 10.1 Å². The molecule has 1 fully saturated rings. The number of carbonyl (C=O) groups is 1. The van der Waals surface area contributed by atoms with Gasteiger partial charge in [-0.15, -0.1) is 0 Å². The van der Waals surface area contributed by atoms with Gasteiger partial charge in [-0.1, -0.05) is 11.8 Å². The van der Waals surface area contributed by atoms with Crippen molar-refractivity contribution >= 4 is 23.4 Å². The number of piperidine rings is 1. The van der Waals surface area contributed by atoms with Crippen LogP contribution in [0.2, 0.25) is 0 Å². The molecule has 1 aromatic carbocycles. The predicted molar refractivity (Wildman–Crippen MR) is 111 cm³/mol. The number of anilines is 1. The first-order valence-corrected chi connectivity index (χ1v) is 10.9. The summed E-state index contributed by atoms with van der Waals surface area (Å²) in [6.45, 7) is 4.72. The molecule has 28 heavy (non-hydrogen) atoms. The first kappa shape index (κ1) is 20.7. The number of carbonyl (C=O) groups excluding carboxylic acids is 1. The Kier molecular flexibility index (Phi) is 7.39. The van der Waals surface area contributed by atoms with E-state index in [1.807, 2.05) is 18.6 Å². The molecular formula is C21H27FN4OS. The summed E-state index contributed by atoms with van der Waals surface area (Å²) in [7, 11) is 0. The van der Waals surface area contributed by atoms with Gasteiger partial charge in [-0.2, -0.15) is 0 Å². The molecule has 0 aliphatic carbocycles. The minimum atomic E-state index is -0.286. The lowest BCUT2D eigenvalue weighted by Crippen LogP contribution is -2.35. The lowest BCUT2D eigenvalue weighted by Gasteiger charge is -2.32. The Balaban J connectivity index is 1.45. The molecule has 1 amide bonds. The number of nitrogens with zero attached hydrogens (tertiary/aromatic N) is 3. The van der Waals surface area contributed by atoms with Crippen molar-refractivity contribution in [1.29, 1.82) is 0 Å². The number of aromatic nitrogens is 2. The van der Waals surface area contributed by atoms with Crippen LogP contribution in [0.15, 0.2) is 35.7 Å². The van der Waals surface area contributed by atoms with Gasteiger partial charge in [0.1, 0.15) is 5.82 Å². The molecule has 1 aliphatic heterocycles. The van der Waals surface area contributed by atoms with Gasteiger partial charge in [0.15, 0.2) is 5.16 Å². The van der Waals surface area contributed by atoms with Gasteiger partial charge in [-0.05, 0) is 68.7 Å². The smallest absolute Gasteiger partial charge is 0.224 e. The van der Waals surface area contributed by atoms with E-state index < -0.39 is 0 Å². The number of hydrogen-bond acceptors (Lipinski definition) is 5. The van der Waals surface area contributed by atoms with Gasteiger partial charge in [0, 0.05) is 43.2 Å². The van der Waals surface area contributed by atoms with E-state index in [4.69, 9.17) is 0 Å². The molecule has 1 unspecified atom stereocenters. The van der Waals surface area contributed by atoms with Crippen LogP contribution in [0, 0.1) is 18.7 Å². The third-order valence-electron chi connectivity index (χ3n) is 5.12. The van der Waals surface area contributed by atoms with Gasteiger partial charge in [0.25, 0.3) is 0 Å². The van der Waals surface area contributed by atoms with Gasteiger partial charge < -0.3 is 5.32 Å². The van der Waals surface area contributed by atoms with E-state index in [-0.39, 0.29) is 11.7 Å². The second-order valence-corrected chi connectivity index (χ2v) is 8.14. The van der Waals surface area contributed by atoms with Crippen LogP contribution in [-0.4, -0.2) is 40.1 Å². The quantitative estimate of drug-likeness (QED) is 0.553. The van der Waals surface area contributed by atoms with E-state index >= 15 is 0 Å². The number of hydrogen-bond donors (Lipinski definition) is 1. The predicted octanol–water partition coefficient (Wildman–Crippen LogP) is 4.28. The van der Waals surface area contributed by atoms with Crippen LogP contribution in [0.25, 0.3) is 0 Å². The molecule has 1 N–H and O–H groups in total. The lowest BCUT2D eigenvalue weighted by molar-refractivity contribution is -0.116. The molecule has 0 saturated carbocycles. The summed E-state index contributed by atoms with van der Waals surface area (Å²) in [4.78, 5) is 23.4. The minimum Gasteiger partial charge on any atom is -0.326 e. The largest absolute Gasteiger partial charge is 0.326 e. The van der Waals surface area contributed by atoms with Crippen LogP contribution in [-0.2, 0) is 11.3 Å². The number of halogens is 1. The fraction of sp³-hybridized carbons (Fsp3) is 0.476. The standard InChI is InChI=1S/C21H27FN4OS/c1-15-10-18(22)6-7-19(15)25-20(27)8-5-16-4-3-9-26(13-16)14-17-11-23-21(28-2)24-12-17/h6-7,10-12,16H,3-5,8-9,13-14H2,1-2H3,(H,25,27). The molecule has 2 aromatic rings. The second-order valence-electron chi connectivity index (χ2n) is 7.37. The van der Waals surface area contributed by atoms with E-state index in [1.54, 1.807) is 24.8 Å². The summed E-state index contributed by atoms with van der Waals surface area (Å²) >= 11 is 1.54. The summed E-state index contributed by atoms with van der Waals surface area (Å²) in [6.07, 6.45) is 9.43. The maximum atomic E-state index is 13.2. The first-order valence-electron chi connectivity index (χ1n) is 9.67. The molecule has 2 heterocycles. The van der Waals surface area contributed by atoms with Crippen LogP contribution in [0.1, 0.15) is 36.8 Å². The number of benzene rings is 1. The zero-order valence-corrected chi connectivity index (χ0v) is 17.3. The number of nitrogens with one attached hydrogen (secondary N) is 1. The summed E-state index contributed by atoms with van der Waals surface area (Å²) in [5.41, 5.74) is 2.56. The molecule has 0 radical (unpaired) electrons. The maximum Gasteiger partial charge on any atom is 0.224 e. The third-order valence-corrected chi connectivity index (χ3v) is 5.69. The van der Waals surface area contributed by atoms with Crippen molar-refractivity contribution in [3.05, 3.63) is 47.5 Å². The number of rotatable bonds is 7. The van der Waals surface area contributed by atoms with Crippen molar-refractivity contribution in [2.75, 3.05) is 24.7 Å². The molecule has 7 heteroatoms. The minimum absolute atomic E-state index is 0.00659. The Bertz CT molecular complexity index is 799. The van der Waals surface area contributed by atoms with E-state index in [1.165, 1.54) is 12.1 Å². The number of thioether (sulfide) groups is 1. The molecule has 1 aromatic heterocycles. The van der Waals surface area contributed by atoms with Gasteiger partial charge in [-0.3, -0.25) is 9.69 Å². The van der Waals surface area contributed by atoms with Gasteiger partial charge >= 0.3 is 0 Å². The molecule has 150 valence electrons. The molecule has 1 aliphatic rings. The van der Waals surface area contributed by atoms with E-state index in [0.29, 0.717) is 18.0 Å². The number of amides is 1. The number of aryl methyl sites for hydroxylation is 1. The van der Waals surface area contributed by atoms with E-state index in [0.717, 1.165) is 55.2 Å². The van der Waals surface area contributed by atoms with Gasteiger partial charge in [0.05, 0.1) is 0 Å². The summed E-state index contributed by atoms with van der Waals surface area (Å²) in [6, 6.07) is 4.43. The van der Waals surface area contributed by atoms with Crippen molar-refractivity contribution in [2.24, 2.45) is 5.92 Å². The fourth-order valence-electron chi connectivity index (χ4n) is 3.63. The third kappa shape index (κ3) is 6.01. The van der Waals surface area contributed by atoms with Gasteiger partial charge in [-0.25, -0.2) is 14.4 Å². The zero-order chi connectivity index (χ0) is 19.9. The Morgan fingerprint density at radius 2 is 2.14 bits per heavy atom. The highest BCUT2D eigenvalue weighted by molar-refractivity contribution is 7.98. The normalized spacial score (nSPS) is 17.5. The van der Waals surface area contributed by atoms with Crippen molar-refractivity contribution in [1.82, 2.24) is 14.9 Å². The molecule has 1 saturated heterocycles. The highest BCUT2D eigenvalue weighted by Crippen LogP contribution is 2.23. The monoisotopic (exact) mass is 402 g/mol. The Morgan fingerprint density at radius 1 is 1.36 bits per heavy atom. The van der Waals surface area contributed by atoms with E-state index in [2.05, 4.69) is 20.2 Å². The van der Waals surface area contributed by atoms with Crippen LogP contribution < -0.4 is 5.32 Å². The fourth-order valence-corrected chi connectivity index (χ4v) is 3.95. The highest BCUT2D eigenvalue weighted by Gasteiger charge is 2.21. The second kappa shape index (κ2) is 9.98. The first-order chi connectivity index (χ1) is 13.5. The summed E-state index contributed by atoms with van der Waals surface area (Å²) in [5.74, 6) is 0.222. The van der Waals surface area contributed by atoms with Gasteiger partial charge in [0.2, 0.25) is 5.91 Å². The molecule has 1 atom stereocenters. The lowest BCUT2D eigenvalue weighted by atomic mass is 9.93. The van der Waals surface area contributed by atoms with Crippen LogP contribution in [0.5, 0.6) is 0 Å². The van der Waals surface area contributed by atoms with Crippen molar-refractivity contribution < 1.29 is 9.18 Å². The van der Waals surface area contributed by atoms with Crippen LogP contribution in [0.3, 0.4) is 0 Å². The molecule has 0 spiro atoms. The summed E-state index contributed by atoms with van der Waals surface area (Å²) < 4.78 is 13.2. The zero-order valence-electron chi connectivity index (χ0n) is 16.4. The number of likely N-dealkylation sites (tertiary alicyclic amines) is 1. The summed E-state index contributed by atoms with van der Waals surface area (Å²) in [5, 5.41) is 3.70. The highest BCUT2D eigenvalue weighted by atomic mass is 32.2. The molecule has 0 bridgehead atoms. The average Bonchev–Trinajstić information content (AvgIpc) is 2.69. The Hall–Kier alpha value is -1.99. The maximum absolute atomic E-state index is 13.2. The van der Waals surface area contributed by atoms with Crippen molar-refractivity contribution in [2.45, 2.75) is 44.3 Å². The average molecular weight is 403 g/mol. The molecule has 3 rings (SSSR count). The van der Waals surface area contributed by atoms with Crippen molar-refractivity contribution in [3.8, 4) is 0 Å². The Labute approximate surface area is 170 Å². The SMILES string of the molecule is CSc1ncc(CN2CCCC(CCC(=O)Nc3ccc(F)cc3C)C2)cn1.